The SMILES string of the molecule is CC1CC(C)CN(C(=O)C(C)N2C[C@@H](CN)[C@H](c3ccccc3)C2)C1.Cl. The smallest absolute Gasteiger partial charge is 0.239 e. The second-order valence-electron chi connectivity index (χ2n) is 8.33. The predicted octanol–water partition coefficient (Wildman–Crippen LogP) is 2.98. The van der Waals surface area contributed by atoms with Crippen molar-refractivity contribution < 1.29 is 4.79 Å². The Morgan fingerprint density at radius 3 is 2.31 bits per heavy atom. The Hall–Kier alpha value is -1.10. The van der Waals surface area contributed by atoms with Crippen molar-refractivity contribution in [1.82, 2.24) is 9.80 Å². The molecule has 0 saturated carbocycles. The standard InChI is InChI=1S/C21H33N3O.ClH/c1-15-9-16(2)12-24(11-15)21(25)17(3)23-13-19(10-22)20(14-23)18-7-5-4-6-8-18;/h4-8,15-17,19-20H,9-14,22H2,1-3H3;1H/t15?,16?,17?,19-,20+;/m1./s1. The van der Waals surface area contributed by atoms with E-state index < -0.39 is 0 Å². The minimum Gasteiger partial charge on any atom is -0.341 e. The van der Waals surface area contributed by atoms with E-state index in [4.69, 9.17) is 5.73 Å². The van der Waals surface area contributed by atoms with E-state index in [1.165, 1.54) is 12.0 Å². The molecule has 2 saturated heterocycles. The topological polar surface area (TPSA) is 49.6 Å². The summed E-state index contributed by atoms with van der Waals surface area (Å²) in [5.41, 5.74) is 7.40. The van der Waals surface area contributed by atoms with Gasteiger partial charge in [-0.15, -0.1) is 12.4 Å². The number of carbonyl (C=O) groups is 1. The second kappa shape index (κ2) is 9.20. The average Bonchev–Trinajstić information content (AvgIpc) is 3.04. The number of rotatable bonds is 4. The molecule has 0 aromatic heterocycles. The Bertz CT molecular complexity index is 572. The van der Waals surface area contributed by atoms with Gasteiger partial charge in [0.1, 0.15) is 0 Å². The number of benzene rings is 1. The molecule has 3 rings (SSSR count). The van der Waals surface area contributed by atoms with Gasteiger partial charge in [0.2, 0.25) is 5.91 Å². The molecule has 2 fully saturated rings. The van der Waals surface area contributed by atoms with Crippen LogP contribution in [0.2, 0.25) is 0 Å². The largest absolute Gasteiger partial charge is 0.341 e. The number of hydrogen-bond acceptors (Lipinski definition) is 3. The molecule has 2 aliphatic heterocycles. The predicted molar refractivity (Wildman–Crippen MR) is 110 cm³/mol. The normalized spacial score (nSPS) is 30.7. The first-order valence-corrected chi connectivity index (χ1v) is 9.77. The van der Waals surface area contributed by atoms with Crippen molar-refractivity contribution in [3.05, 3.63) is 35.9 Å². The van der Waals surface area contributed by atoms with Crippen LogP contribution in [0.3, 0.4) is 0 Å². The maximum Gasteiger partial charge on any atom is 0.239 e. The van der Waals surface area contributed by atoms with E-state index in [9.17, 15) is 4.79 Å². The monoisotopic (exact) mass is 379 g/mol. The molecule has 26 heavy (non-hydrogen) atoms. The third kappa shape index (κ3) is 4.59. The van der Waals surface area contributed by atoms with Crippen LogP contribution in [0, 0.1) is 17.8 Å². The highest BCUT2D eigenvalue weighted by Crippen LogP contribution is 2.33. The van der Waals surface area contributed by atoms with Crippen LogP contribution in [0.15, 0.2) is 30.3 Å². The molecule has 1 amide bonds. The average molecular weight is 380 g/mol. The highest BCUT2D eigenvalue weighted by atomic mass is 35.5. The number of carbonyl (C=O) groups excluding carboxylic acids is 1. The van der Waals surface area contributed by atoms with Crippen molar-refractivity contribution in [1.29, 1.82) is 0 Å². The fraction of sp³-hybridized carbons (Fsp3) is 0.667. The van der Waals surface area contributed by atoms with Gasteiger partial charge in [0.25, 0.3) is 0 Å². The van der Waals surface area contributed by atoms with Crippen LogP contribution >= 0.6 is 12.4 Å². The molecule has 2 heterocycles. The van der Waals surface area contributed by atoms with Crippen molar-refractivity contribution in [3.8, 4) is 0 Å². The number of amides is 1. The molecule has 0 bridgehead atoms. The van der Waals surface area contributed by atoms with Crippen LogP contribution in [-0.2, 0) is 4.79 Å². The lowest BCUT2D eigenvalue weighted by molar-refractivity contribution is -0.138. The Morgan fingerprint density at radius 2 is 1.73 bits per heavy atom. The van der Waals surface area contributed by atoms with Crippen LogP contribution in [0.5, 0.6) is 0 Å². The quantitative estimate of drug-likeness (QED) is 0.874. The zero-order valence-corrected chi connectivity index (χ0v) is 17.1. The van der Waals surface area contributed by atoms with Crippen molar-refractivity contribution in [2.75, 3.05) is 32.7 Å². The summed E-state index contributed by atoms with van der Waals surface area (Å²) in [6, 6.07) is 10.6. The zero-order chi connectivity index (χ0) is 18.0. The minimum atomic E-state index is -0.0553. The molecule has 5 atom stereocenters. The molecule has 2 aliphatic rings. The molecule has 0 radical (unpaired) electrons. The van der Waals surface area contributed by atoms with Gasteiger partial charge in [0, 0.05) is 32.1 Å². The molecule has 5 heteroatoms. The summed E-state index contributed by atoms with van der Waals surface area (Å²) in [5.74, 6) is 2.36. The Kier molecular flexibility index (Phi) is 7.51. The number of nitrogens with zero attached hydrogens (tertiary/aromatic N) is 2. The molecule has 2 N–H and O–H groups in total. The van der Waals surface area contributed by atoms with Crippen molar-refractivity contribution in [2.45, 2.75) is 39.2 Å². The first-order chi connectivity index (χ1) is 12.0. The van der Waals surface area contributed by atoms with E-state index in [-0.39, 0.29) is 18.4 Å². The number of piperidine rings is 1. The molecule has 3 unspecified atom stereocenters. The Morgan fingerprint density at radius 1 is 1.12 bits per heavy atom. The van der Waals surface area contributed by atoms with Gasteiger partial charge in [-0.05, 0) is 43.2 Å². The lowest BCUT2D eigenvalue weighted by Gasteiger charge is -2.38. The Labute approximate surface area is 164 Å². The van der Waals surface area contributed by atoms with Gasteiger partial charge in [0.15, 0.2) is 0 Å². The highest BCUT2D eigenvalue weighted by Gasteiger charge is 2.38. The van der Waals surface area contributed by atoms with Crippen LogP contribution in [-0.4, -0.2) is 54.5 Å². The summed E-state index contributed by atoms with van der Waals surface area (Å²) < 4.78 is 0. The van der Waals surface area contributed by atoms with E-state index in [0.29, 0.717) is 36.1 Å². The number of halogens is 1. The van der Waals surface area contributed by atoms with Crippen LogP contribution in [0.4, 0.5) is 0 Å². The molecule has 1 aromatic carbocycles. The summed E-state index contributed by atoms with van der Waals surface area (Å²) in [4.78, 5) is 17.5. The third-order valence-corrected chi connectivity index (χ3v) is 6.09. The summed E-state index contributed by atoms with van der Waals surface area (Å²) >= 11 is 0. The van der Waals surface area contributed by atoms with E-state index in [1.54, 1.807) is 0 Å². The third-order valence-electron chi connectivity index (χ3n) is 6.09. The molecular weight excluding hydrogens is 346 g/mol. The maximum atomic E-state index is 13.1. The van der Waals surface area contributed by atoms with Gasteiger partial charge >= 0.3 is 0 Å². The van der Waals surface area contributed by atoms with Gasteiger partial charge in [-0.3, -0.25) is 9.69 Å². The van der Waals surface area contributed by atoms with E-state index in [1.807, 2.05) is 0 Å². The summed E-state index contributed by atoms with van der Waals surface area (Å²) in [6.07, 6.45) is 1.23. The molecule has 0 aliphatic carbocycles. The van der Waals surface area contributed by atoms with Gasteiger partial charge in [0.05, 0.1) is 6.04 Å². The minimum absolute atomic E-state index is 0. The first-order valence-electron chi connectivity index (χ1n) is 9.77. The number of nitrogens with two attached hydrogens (primary N) is 1. The van der Waals surface area contributed by atoms with Crippen LogP contribution in [0.1, 0.15) is 38.7 Å². The molecule has 0 spiro atoms. The lowest BCUT2D eigenvalue weighted by atomic mass is 9.89. The fourth-order valence-electron chi connectivity index (χ4n) is 4.80. The van der Waals surface area contributed by atoms with E-state index in [2.05, 4.69) is 60.9 Å². The van der Waals surface area contributed by atoms with Gasteiger partial charge < -0.3 is 10.6 Å². The Balaban J connectivity index is 0.00000243. The van der Waals surface area contributed by atoms with Crippen molar-refractivity contribution in [2.24, 2.45) is 23.5 Å². The van der Waals surface area contributed by atoms with Gasteiger partial charge in [-0.1, -0.05) is 44.2 Å². The first kappa shape index (κ1) is 21.2. The maximum absolute atomic E-state index is 13.1. The molecule has 4 nitrogen and oxygen atoms in total. The zero-order valence-electron chi connectivity index (χ0n) is 16.3. The molecule has 146 valence electrons. The van der Waals surface area contributed by atoms with Crippen LogP contribution in [0.25, 0.3) is 0 Å². The second-order valence-corrected chi connectivity index (χ2v) is 8.33. The summed E-state index contributed by atoms with van der Waals surface area (Å²) in [7, 11) is 0. The van der Waals surface area contributed by atoms with Crippen LogP contribution < -0.4 is 5.73 Å². The van der Waals surface area contributed by atoms with Crippen molar-refractivity contribution in [3.63, 3.8) is 0 Å². The van der Waals surface area contributed by atoms with Gasteiger partial charge in [-0.25, -0.2) is 0 Å². The number of likely N-dealkylation sites (tertiary alicyclic amines) is 2. The fourth-order valence-corrected chi connectivity index (χ4v) is 4.80. The van der Waals surface area contributed by atoms with Gasteiger partial charge in [-0.2, -0.15) is 0 Å². The number of hydrogen-bond donors (Lipinski definition) is 1. The molecule has 1 aromatic rings. The van der Waals surface area contributed by atoms with E-state index in [0.717, 1.165) is 26.2 Å². The lowest BCUT2D eigenvalue weighted by Crippen LogP contribution is -2.51. The van der Waals surface area contributed by atoms with E-state index >= 15 is 0 Å². The summed E-state index contributed by atoms with van der Waals surface area (Å²) in [5, 5.41) is 0. The highest BCUT2D eigenvalue weighted by molar-refractivity contribution is 5.85. The molecular formula is C21H34ClN3O. The van der Waals surface area contributed by atoms with Crippen molar-refractivity contribution >= 4 is 18.3 Å². The summed E-state index contributed by atoms with van der Waals surface area (Å²) in [6.45, 7) is 10.9.